The molecule has 23 heavy (non-hydrogen) atoms. The number of H-pyrrole nitrogens is 1. The summed E-state index contributed by atoms with van der Waals surface area (Å²) in [4.78, 5) is 0. The lowest BCUT2D eigenvalue weighted by Gasteiger charge is -2.19. The zero-order valence-electron chi connectivity index (χ0n) is 14.2. The molecule has 0 aliphatic heterocycles. The van der Waals surface area contributed by atoms with Gasteiger partial charge in [0.15, 0.2) is 0 Å². The molecule has 0 aliphatic rings. The molecule has 0 amide bonds. The first-order valence-corrected chi connectivity index (χ1v) is 9.30. The summed E-state index contributed by atoms with van der Waals surface area (Å²) in [6.45, 7) is 8.87. The fourth-order valence-corrected chi connectivity index (χ4v) is 2.95. The predicted octanol–water partition coefficient (Wildman–Crippen LogP) is 3.00. The molecule has 0 saturated heterocycles. The van der Waals surface area contributed by atoms with E-state index < -0.39 is 10.0 Å². The highest BCUT2D eigenvalue weighted by atomic mass is 32.2. The SMILES string of the molecule is Cc1ccc(NCc2cn[nH]c2C(C)(C)C)cc1NS(C)(=O)=O. The lowest BCUT2D eigenvalue weighted by Crippen LogP contribution is -2.15. The number of aryl methyl sites for hydroxylation is 1. The van der Waals surface area contributed by atoms with E-state index in [9.17, 15) is 8.42 Å². The van der Waals surface area contributed by atoms with E-state index in [-0.39, 0.29) is 5.41 Å². The normalized spacial score (nSPS) is 12.2. The maximum Gasteiger partial charge on any atom is 0.229 e. The second-order valence-electron chi connectivity index (χ2n) is 6.78. The average Bonchev–Trinajstić information content (AvgIpc) is 2.86. The fraction of sp³-hybridized carbons (Fsp3) is 0.438. The monoisotopic (exact) mass is 336 g/mol. The highest BCUT2D eigenvalue weighted by molar-refractivity contribution is 7.92. The molecule has 0 radical (unpaired) electrons. The number of hydrogen-bond acceptors (Lipinski definition) is 4. The number of hydrogen-bond donors (Lipinski definition) is 3. The first-order chi connectivity index (χ1) is 10.6. The molecule has 2 aromatic rings. The van der Waals surface area contributed by atoms with Crippen LogP contribution < -0.4 is 10.0 Å². The predicted molar refractivity (Wildman–Crippen MR) is 94.3 cm³/mol. The molecule has 0 saturated carbocycles. The van der Waals surface area contributed by atoms with Crippen LogP contribution in [0.15, 0.2) is 24.4 Å². The molecule has 0 unspecified atom stereocenters. The molecule has 2 rings (SSSR count). The Balaban J connectivity index is 2.16. The zero-order valence-corrected chi connectivity index (χ0v) is 15.0. The van der Waals surface area contributed by atoms with Gasteiger partial charge in [-0.2, -0.15) is 5.10 Å². The van der Waals surface area contributed by atoms with Crippen LogP contribution >= 0.6 is 0 Å². The zero-order chi connectivity index (χ0) is 17.3. The highest BCUT2D eigenvalue weighted by Gasteiger charge is 2.19. The van der Waals surface area contributed by atoms with Crippen molar-refractivity contribution in [2.45, 2.75) is 39.7 Å². The lowest BCUT2D eigenvalue weighted by molar-refractivity contribution is 0.561. The maximum absolute atomic E-state index is 11.4. The van der Waals surface area contributed by atoms with Crippen molar-refractivity contribution in [3.8, 4) is 0 Å². The van der Waals surface area contributed by atoms with Gasteiger partial charge in [-0.25, -0.2) is 8.42 Å². The molecule has 1 aromatic heterocycles. The fourth-order valence-electron chi connectivity index (χ4n) is 2.33. The molecule has 1 heterocycles. The van der Waals surface area contributed by atoms with E-state index in [1.807, 2.05) is 25.3 Å². The number of sulfonamides is 1. The quantitative estimate of drug-likeness (QED) is 0.783. The second-order valence-corrected chi connectivity index (χ2v) is 8.53. The Kier molecular flexibility index (Phi) is 4.70. The number of anilines is 2. The number of rotatable bonds is 5. The molecule has 0 spiro atoms. The maximum atomic E-state index is 11.4. The van der Waals surface area contributed by atoms with Crippen LogP contribution in [0, 0.1) is 6.92 Å². The van der Waals surface area contributed by atoms with Crippen LogP contribution in [-0.4, -0.2) is 24.9 Å². The minimum atomic E-state index is -3.29. The summed E-state index contributed by atoms with van der Waals surface area (Å²) in [5.74, 6) is 0. The minimum absolute atomic E-state index is 0.0101. The standard InChI is InChI=1S/C16H24N4O2S/c1-11-6-7-13(8-14(11)20-23(5,21)22)17-9-12-10-18-19-15(12)16(2,3)4/h6-8,10,17,20H,9H2,1-5H3,(H,18,19). The van der Waals surface area contributed by atoms with Gasteiger partial charge >= 0.3 is 0 Å². The van der Waals surface area contributed by atoms with Crippen molar-refractivity contribution >= 4 is 21.4 Å². The van der Waals surface area contributed by atoms with Gasteiger partial charge in [0.25, 0.3) is 0 Å². The molecular formula is C16H24N4O2S. The third kappa shape index (κ3) is 4.72. The Labute approximate surface area is 137 Å². The van der Waals surface area contributed by atoms with Gasteiger partial charge in [0.2, 0.25) is 10.0 Å². The average molecular weight is 336 g/mol. The number of aromatic nitrogens is 2. The van der Waals surface area contributed by atoms with Crippen molar-refractivity contribution in [2.24, 2.45) is 0 Å². The topological polar surface area (TPSA) is 86.9 Å². The summed E-state index contributed by atoms with van der Waals surface area (Å²) in [5, 5.41) is 10.5. The van der Waals surface area contributed by atoms with Gasteiger partial charge in [0.05, 0.1) is 18.1 Å². The number of nitrogens with one attached hydrogen (secondary N) is 3. The number of nitrogens with zero attached hydrogens (tertiary/aromatic N) is 1. The van der Waals surface area contributed by atoms with Crippen LogP contribution in [0.25, 0.3) is 0 Å². The third-order valence-electron chi connectivity index (χ3n) is 3.48. The lowest BCUT2D eigenvalue weighted by atomic mass is 9.89. The summed E-state index contributed by atoms with van der Waals surface area (Å²) in [5.41, 5.74) is 4.48. The van der Waals surface area contributed by atoms with Crippen molar-refractivity contribution in [1.29, 1.82) is 0 Å². The molecule has 6 nitrogen and oxygen atoms in total. The molecule has 0 atom stereocenters. The van der Waals surface area contributed by atoms with Crippen LogP contribution in [0.2, 0.25) is 0 Å². The van der Waals surface area contributed by atoms with E-state index in [4.69, 9.17) is 0 Å². The largest absolute Gasteiger partial charge is 0.381 e. The molecule has 0 bridgehead atoms. The summed E-state index contributed by atoms with van der Waals surface area (Å²) < 4.78 is 25.4. The smallest absolute Gasteiger partial charge is 0.229 e. The molecule has 3 N–H and O–H groups in total. The van der Waals surface area contributed by atoms with Crippen molar-refractivity contribution in [3.05, 3.63) is 41.2 Å². The summed E-state index contributed by atoms with van der Waals surface area (Å²) in [7, 11) is -3.29. The van der Waals surface area contributed by atoms with E-state index >= 15 is 0 Å². The van der Waals surface area contributed by atoms with Gasteiger partial charge in [-0.1, -0.05) is 26.8 Å². The number of benzene rings is 1. The Bertz CT molecular complexity index is 789. The minimum Gasteiger partial charge on any atom is -0.381 e. The number of aromatic amines is 1. The van der Waals surface area contributed by atoms with Gasteiger partial charge in [-0.15, -0.1) is 0 Å². The van der Waals surface area contributed by atoms with Crippen LogP contribution in [0.3, 0.4) is 0 Å². The van der Waals surface area contributed by atoms with E-state index in [2.05, 4.69) is 41.0 Å². The Morgan fingerprint density at radius 2 is 1.96 bits per heavy atom. The van der Waals surface area contributed by atoms with Gasteiger partial charge in [0.1, 0.15) is 0 Å². The van der Waals surface area contributed by atoms with Crippen molar-refractivity contribution in [3.63, 3.8) is 0 Å². The van der Waals surface area contributed by atoms with E-state index in [1.54, 1.807) is 6.07 Å². The van der Waals surface area contributed by atoms with Crippen LogP contribution in [0.1, 0.15) is 37.6 Å². The molecule has 126 valence electrons. The molecular weight excluding hydrogens is 312 g/mol. The highest BCUT2D eigenvalue weighted by Crippen LogP contribution is 2.25. The summed E-state index contributed by atoms with van der Waals surface area (Å²) in [6.07, 6.45) is 2.96. The van der Waals surface area contributed by atoms with E-state index in [0.717, 1.165) is 28.8 Å². The van der Waals surface area contributed by atoms with Gasteiger partial charge in [0, 0.05) is 28.9 Å². The third-order valence-corrected chi connectivity index (χ3v) is 4.07. The van der Waals surface area contributed by atoms with Crippen LogP contribution in [0.4, 0.5) is 11.4 Å². The van der Waals surface area contributed by atoms with Crippen molar-refractivity contribution in [1.82, 2.24) is 10.2 Å². The van der Waals surface area contributed by atoms with Gasteiger partial charge in [-0.3, -0.25) is 9.82 Å². The van der Waals surface area contributed by atoms with E-state index in [0.29, 0.717) is 12.2 Å². The first-order valence-electron chi connectivity index (χ1n) is 7.41. The van der Waals surface area contributed by atoms with Crippen molar-refractivity contribution < 1.29 is 8.42 Å². The Morgan fingerprint density at radius 3 is 2.57 bits per heavy atom. The second kappa shape index (κ2) is 6.23. The molecule has 0 fully saturated rings. The van der Waals surface area contributed by atoms with Gasteiger partial charge < -0.3 is 5.32 Å². The van der Waals surface area contributed by atoms with Gasteiger partial charge in [-0.05, 0) is 24.6 Å². The van der Waals surface area contributed by atoms with Crippen LogP contribution in [-0.2, 0) is 22.0 Å². The Morgan fingerprint density at radius 1 is 1.26 bits per heavy atom. The van der Waals surface area contributed by atoms with E-state index in [1.165, 1.54) is 0 Å². The summed E-state index contributed by atoms with van der Waals surface area (Å²) in [6, 6.07) is 5.61. The molecule has 7 heteroatoms. The van der Waals surface area contributed by atoms with Crippen LogP contribution in [0.5, 0.6) is 0 Å². The first kappa shape index (κ1) is 17.3. The molecule has 0 aliphatic carbocycles. The summed E-state index contributed by atoms with van der Waals surface area (Å²) >= 11 is 0. The molecule has 1 aromatic carbocycles. The van der Waals surface area contributed by atoms with Crippen molar-refractivity contribution in [2.75, 3.05) is 16.3 Å². The Hall–Kier alpha value is -2.02.